The second kappa shape index (κ2) is 13.7. The van der Waals surface area contributed by atoms with Gasteiger partial charge in [0.25, 0.3) is 11.6 Å². The second-order valence-electron chi connectivity index (χ2n) is 12.5. The predicted octanol–water partition coefficient (Wildman–Crippen LogP) is 10.8. The number of aryl methyl sites for hydroxylation is 1. The van der Waals surface area contributed by atoms with E-state index < -0.39 is 46.1 Å². The van der Waals surface area contributed by atoms with Crippen molar-refractivity contribution in [2.75, 3.05) is 10.6 Å². The van der Waals surface area contributed by atoms with Crippen molar-refractivity contribution in [2.24, 2.45) is 0 Å². The average molecular weight is 790 g/mol. The van der Waals surface area contributed by atoms with Crippen LogP contribution in [0.5, 0.6) is 0 Å². The fraction of sp³-hybridized carbons (Fsp3) is 0.100. The van der Waals surface area contributed by atoms with Crippen LogP contribution in [0, 0.1) is 18.6 Å². The van der Waals surface area contributed by atoms with Crippen LogP contribution >= 0.6 is 45.9 Å². The highest BCUT2D eigenvalue weighted by molar-refractivity contribution is 7.21. The van der Waals surface area contributed by atoms with Gasteiger partial charge in [-0.3, -0.25) is 19.2 Å². The molecule has 2 aliphatic rings. The molecule has 8 rings (SSSR count). The third-order valence-corrected chi connectivity index (χ3v) is 11.8. The van der Waals surface area contributed by atoms with E-state index >= 15 is 4.39 Å². The molecule has 2 N–H and O–H groups in total. The molecule has 0 spiro atoms. The summed E-state index contributed by atoms with van der Waals surface area (Å²) in [6, 6.07) is 26.5. The molecule has 0 radical (unpaired) electrons. The molecule has 4 heterocycles. The highest BCUT2D eigenvalue weighted by atomic mass is 35.5. The fourth-order valence-electron chi connectivity index (χ4n) is 6.46. The van der Waals surface area contributed by atoms with Crippen molar-refractivity contribution in [3.63, 3.8) is 0 Å². The first-order valence-corrected chi connectivity index (χ1v) is 18.3. The molecular formula is C40H25Cl2F3N2O4S2. The molecule has 0 aliphatic carbocycles. The van der Waals surface area contributed by atoms with Crippen LogP contribution in [0.2, 0.25) is 8.67 Å². The minimum Gasteiger partial charge on any atom is -0.316 e. The van der Waals surface area contributed by atoms with Gasteiger partial charge < -0.3 is 10.6 Å². The zero-order chi connectivity index (χ0) is 37.8. The number of rotatable bonds is 4. The Balaban J connectivity index is 0.000000164. The normalized spacial score (nSPS) is 19.1. The van der Waals surface area contributed by atoms with Crippen molar-refractivity contribution < 1.29 is 32.3 Å². The number of alkyl halides is 1. The summed E-state index contributed by atoms with van der Waals surface area (Å²) in [5.41, 5.74) is -1.32. The molecule has 2 aliphatic heterocycles. The number of Topliss-reactive ketones (excluding diaryl/α,β-unsaturated/α-hetero) is 2. The lowest BCUT2D eigenvalue weighted by atomic mass is 9.72. The van der Waals surface area contributed by atoms with Gasteiger partial charge in [-0.05, 0) is 43.2 Å². The van der Waals surface area contributed by atoms with Crippen molar-refractivity contribution in [1.29, 1.82) is 0 Å². The number of amides is 2. The Morgan fingerprint density at radius 2 is 1.17 bits per heavy atom. The van der Waals surface area contributed by atoms with Crippen molar-refractivity contribution >= 4 is 79.3 Å². The maximum Gasteiger partial charge on any atom is 0.275 e. The maximum absolute atomic E-state index is 15.7. The molecule has 4 aromatic carbocycles. The molecule has 2 amide bonds. The van der Waals surface area contributed by atoms with E-state index in [1.54, 1.807) is 30.3 Å². The lowest BCUT2D eigenvalue weighted by molar-refractivity contribution is -0.125. The summed E-state index contributed by atoms with van der Waals surface area (Å²) in [5.74, 6) is -4.19. The zero-order valence-electron chi connectivity index (χ0n) is 27.7. The SMILES string of the molecule is Cc1cccc(-c2c(Cl)sc3c2C(=O)C(C)(c2ccccc2F)C(=O)N3)c1.O=C1Nc2sc(Cl)c(-c3cccc(F)c3)c2C(=O)C1(F)c1ccccc1. The number of halogens is 5. The number of anilines is 2. The number of carbonyl (C=O) groups excluding carboxylic acids is 4. The largest absolute Gasteiger partial charge is 0.316 e. The lowest BCUT2D eigenvalue weighted by Gasteiger charge is -2.32. The second-order valence-corrected chi connectivity index (χ2v) is 15.7. The van der Waals surface area contributed by atoms with Gasteiger partial charge in [-0.2, -0.15) is 0 Å². The van der Waals surface area contributed by atoms with Gasteiger partial charge >= 0.3 is 0 Å². The summed E-state index contributed by atoms with van der Waals surface area (Å²) in [6.07, 6.45) is 0. The van der Waals surface area contributed by atoms with Gasteiger partial charge in [0.1, 0.15) is 35.7 Å². The molecule has 0 saturated heterocycles. The van der Waals surface area contributed by atoms with Crippen LogP contribution in [0.1, 0.15) is 44.3 Å². The van der Waals surface area contributed by atoms with Gasteiger partial charge in [0.05, 0.1) is 11.1 Å². The van der Waals surface area contributed by atoms with E-state index in [1.807, 2.05) is 31.2 Å². The predicted molar refractivity (Wildman–Crippen MR) is 203 cm³/mol. The lowest BCUT2D eigenvalue weighted by Crippen LogP contribution is -2.48. The van der Waals surface area contributed by atoms with Crippen LogP contribution in [-0.4, -0.2) is 23.4 Å². The molecule has 0 bridgehead atoms. The molecule has 266 valence electrons. The number of thiophene rings is 2. The van der Waals surface area contributed by atoms with E-state index in [0.717, 1.165) is 33.8 Å². The van der Waals surface area contributed by atoms with E-state index in [-0.39, 0.29) is 31.6 Å². The number of fused-ring (bicyclic) bond motifs is 2. The van der Waals surface area contributed by atoms with Crippen molar-refractivity contribution in [3.8, 4) is 22.3 Å². The summed E-state index contributed by atoms with van der Waals surface area (Å²) in [5, 5.41) is 5.75. The Morgan fingerprint density at radius 1 is 0.623 bits per heavy atom. The summed E-state index contributed by atoms with van der Waals surface area (Å²) in [4.78, 5) is 51.8. The molecule has 2 atom stereocenters. The van der Waals surface area contributed by atoms with Crippen LogP contribution in [0.15, 0.2) is 103 Å². The Morgan fingerprint density at radius 3 is 1.77 bits per heavy atom. The molecule has 0 fully saturated rings. The van der Waals surface area contributed by atoms with E-state index in [9.17, 15) is 28.0 Å². The van der Waals surface area contributed by atoms with Gasteiger partial charge in [-0.25, -0.2) is 13.2 Å². The smallest absolute Gasteiger partial charge is 0.275 e. The van der Waals surface area contributed by atoms with Crippen molar-refractivity contribution in [3.05, 3.63) is 151 Å². The Hall–Kier alpha value is -5.07. The Labute approximate surface area is 319 Å². The van der Waals surface area contributed by atoms with Gasteiger partial charge in [0.2, 0.25) is 11.7 Å². The quantitative estimate of drug-likeness (QED) is 0.174. The van der Waals surface area contributed by atoms with Crippen LogP contribution in [0.4, 0.5) is 23.2 Å². The van der Waals surface area contributed by atoms with E-state index in [0.29, 0.717) is 26.0 Å². The fourth-order valence-corrected chi connectivity index (χ4v) is 9.22. The summed E-state index contributed by atoms with van der Waals surface area (Å²) in [7, 11) is 0. The number of nitrogens with one attached hydrogen (secondary N) is 2. The van der Waals surface area contributed by atoms with Gasteiger partial charge in [0.15, 0.2) is 5.78 Å². The first kappa shape index (κ1) is 36.3. The third-order valence-electron chi connectivity index (χ3n) is 9.18. The highest BCUT2D eigenvalue weighted by Gasteiger charge is 2.54. The standard InChI is InChI=1S/C21H15ClFNO2S.C19H10ClF2NO2S/c1-11-6-5-7-12(10-11)15-16-17(25)21(2,13-8-3-4-9-14(13)23)20(26)24-19(16)27-18(15)22;20-16-13(10-5-4-8-12(21)9-10)14-15(24)19(22,11-6-2-1-3-7-11)18(25)23-17(14)26-16/h3-10H,1-2H3,(H,24,26);1-9H,(H,23,25). The topological polar surface area (TPSA) is 92.3 Å². The zero-order valence-corrected chi connectivity index (χ0v) is 30.8. The minimum atomic E-state index is -2.87. The molecule has 53 heavy (non-hydrogen) atoms. The van der Waals surface area contributed by atoms with Crippen LogP contribution in [-0.2, 0) is 20.7 Å². The number of benzene rings is 4. The minimum absolute atomic E-state index is 0.0449. The number of hydrogen-bond acceptors (Lipinski definition) is 6. The summed E-state index contributed by atoms with van der Waals surface area (Å²) >= 11 is 14.8. The first-order valence-electron chi connectivity index (χ1n) is 16.0. The molecule has 6 aromatic rings. The number of carbonyl (C=O) groups is 4. The first-order chi connectivity index (χ1) is 25.3. The third kappa shape index (κ3) is 5.97. The molecule has 6 nitrogen and oxygen atoms in total. The van der Waals surface area contributed by atoms with Crippen LogP contribution in [0.25, 0.3) is 22.3 Å². The van der Waals surface area contributed by atoms with Gasteiger partial charge in [-0.15, -0.1) is 22.7 Å². The average Bonchev–Trinajstić information content (AvgIpc) is 3.65. The van der Waals surface area contributed by atoms with E-state index in [1.165, 1.54) is 55.5 Å². The number of ketones is 2. The van der Waals surface area contributed by atoms with E-state index in [2.05, 4.69) is 10.6 Å². The van der Waals surface area contributed by atoms with Gasteiger partial charge in [-0.1, -0.05) is 114 Å². The molecule has 2 aromatic heterocycles. The van der Waals surface area contributed by atoms with Crippen molar-refractivity contribution in [2.45, 2.75) is 24.9 Å². The van der Waals surface area contributed by atoms with Crippen molar-refractivity contribution in [1.82, 2.24) is 0 Å². The Kier molecular flexibility index (Phi) is 9.40. The van der Waals surface area contributed by atoms with Gasteiger partial charge in [0, 0.05) is 22.3 Å². The molecule has 13 heteroatoms. The Bertz CT molecular complexity index is 2500. The summed E-state index contributed by atoms with van der Waals surface area (Å²) < 4.78 is 44.4. The highest BCUT2D eigenvalue weighted by Crippen LogP contribution is 2.51. The summed E-state index contributed by atoms with van der Waals surface area (Å²) in [6.45, 7) is 3.40. The number of hydrogen-bond donors (Lipinski definition) is 2. The maximum atomic E-state index is 15.7. The monoisotopic (exact) mass is 788 g/mol. The van der Waals surface area contributed by atoms with Crippen LogP contribution in [0.3, 0.4) is 0 Å². The van der Waals surface area contributed by atoms with Crippen LogP contribution < -0.4 is 10.6 Å². The molecular weight excluding hydrogens is 764 g/mol. The van der Waals surface area contributed by atoms with E-state index in [4.69, 9.17) is 23.2 Å². The molecule has 2 unspecified atom stereocenters. The molecule has 0 saturated carbocycles.